The van der Waals surface area contributed by atoms with Crippen LogP contribution in [-0.4, -0.2) is 49.7 Å². The number of nitrogens with one attached hydrogen (secondary N) is 2. The summed E-state index contributed by atoms with van der Waals surface area (Å²) in [6.45, 7) is 12.8. The van der Waals surface area contributed by atoms with Crippen molar-refractivity contribution in [3.8, 4) is 5.75 Å². The van der Waals surface area contributed by atoms with Crippen LogP contribution < -0.4 is 15.4 Å². The SMILES string of the molecule is CN=C(NCc1ccccc1OCCC(C)C)NC1CCN(C(C)C)CC1. The quantitative estimate of drug-likeness (QED) is 0.539. The van der Waals surface area contributed by atoms with Crippen LogP contribution in [0.1, 0.15) is 52.5 Å². The number of piperidine rings is 1. The molecule has 1 aromatic carbocycles. The van der Waals surface area contributed by atoms with Crippen molar-refractivity contribution < 1.29 is 4.74 Å². The highest BCUT2D eigenvalue weighted by Gasteiger charge is 2.21. The summed E-state index contributed by atoms with van der Waals surface area (Å²) in [5.41, 5.74) is 1.17. The first-order valence-corrected chi connectivity index (χ1v) is 10.4. The van der Waals surface area contributed by atoms with Gasteiger partial charge in [0.2, 0.25) is 0 Å². The van der Waals surface area contributed by atoms with Crippen LogP contribution in [0.5, 0.6) is 5.75 Å². The van der Waals surface area contributed by atoms with Crippen LogP contribution in [0.3, 0.4) is 0 Å². The Kier molecular flexibility index (Phi) is 8.92. The van der Waals surface area contributed by atoms with Gasteiger partial charge in [0, 0.05) is 44.3 Å². The zero-order valence-corrected chi connectivity index (χ0v) is 17.8. The minimum atomic E-state index is 0.490. The van der Waals surface area contributed by atoms with Gasteiger partial charge in [0.1, 0.15) is 5.75 Å². The molecule has 0 bridgehead atoms. The van der Waals surface area contributed by atoms with Crippen molar-refractivity contribution in [2.24, 2.45) is 10.9 Å². The van der Waals surface area contributed by atoms with E-state index < -0.39 is 0 Å². The highest BCUT2D eigenvalue weighted by Crippen LogP contribution is 2.18. The Balaban J connectivity index is 1.82. The summed E-state index contributed by atoms with van der Waals surface area (Å²) in [6, 6.07) is 9.38. The first-order valence-electron chi connectivity index (χ1n) is 10.4. The molecule has 0 saturated carbocycles. The first kappa shape index (κ1) is 21.5. The maximum absolute atomic E-state index is 5.99. The number of benzene rings is 1. The predicted octanol–water partition coefficient (Wildman–Crippen LogP) is 3.65. The molecule has 0 aliphatic carbocycles. The van der Waals surface area contributed by atoms with E-state index in [2.05, 4.69) is 66.4 Å². The number of hydrogen-bond acceptors (Lipinski definition) is 3. The minimum absolute atomic E-state index is 0.490. The summed E-state index contributed by atoms with van der Waals surface area (Å²) in [6.07, 6.45) is 3.39. The third kappa shape index (κ3) is 7.41. The van der Waals surface area contributed by atoms with Gasteiger partial charge in [-0.1, -0.05) is 32.0 Å². The Morgan fingerprint density at radius 3 is 2.52 bits per heavy atom. The van der Waals surface area contributed by atoms with Gasteiger partial charge in [-0.2, -0.15) is 0 Å². The van der Waals surface area contributed by atoms with Gasteiger partial charge in [-0.3, -0.25) is 4.99 Å². The third-order valence-electron chi connectivity index (χ3n) is 5.20. The van der Waals surface area contributed by atoms with Crippen LogP contribution in [-0.2, 0) is 6.54 Å². The van der Waals surface area contributed by atoms with Crippen LogP contribution in [0.15, 0.2) is 29.3 Å². The Labute approximate surface area is 165 Å². The number of rotatable bonds is 8. The molecule has 1 heterocycles. The van der Waals surface area contributed by atoms with E-state index in [0.29, 0.717) is 24.5 Å². The number of nitrogens with zero attached hydrogens (tertiary/aromatic N) is 2. The van der Waals surface area contributed by atoms with E-state index in [9.17, 15) is 0 Å². The fourth-order valence-electron chi connectivity index (χ4n) is 3.32. The second kappa shape index (κ2) is 11.2. The molecule has 1 aliphatic rings. The number of likely N-dealkylation sites (tertiary alicyclic amines) is 1. The number of guanidine groups is 1. The van der Waals surface area contributed by atoms with E-state index in [1.54, 1.807) is 0 Å². The van der Waals surface area contributed by atoms with Gasteiger partial charge in [0.15, 0.2) is 5.96 Å². The minimum Gasteiger partial charge on any atom is -0.493 e. The van der Waals surface area contributed by atoms with Crippen molar-refractivity contribution in [3.05, 3.63) is 29.8 Å². The van der Waals surface area contributed by atoms with Crippen LogP contribution in [0.25, 0.3) is 0 Å². The molecule has 1 aliphatic heterocycles. The third-order valence-corrected chi connectivity index (χ3v) is 5.20. The summed E-state index contributed by atoms with van der Waals surface area (Å²) in [7, 11) is 1.84. The molecule has 0 amide bonds. The summed E-state index contributed by atoms with van der Waals surface area (Å²) in [4.78, 5) is 6.95. The average molecular weight is 375 g/mol. The van der Waals surface area contributed by atoms with Crippen LogP contribution in [0.2, 0.25) is 0 Å². The van der Waals surface area contributed by atoms with Crippen molar-refractivity contribution >= 4 is 5.96 Å². The van der Waals surface area contributed by atoms with Crippen molar-refractivity contribution in [2.75, 3.05) is 26.7 Å². The summed E-state index contributed by atoms with van der Waals surface area (Å²) in [5, 5.41) is 7.04. The van der Waals surface area contributed by atoms with Crippen LogP contribution in [0, 0.1) is 5.92 Å². The zero-order valence-electron chi connectivity index (χ0n) is 17.8. The fraction of sp³-hybridized carbons (Fsp3) is 0.682. The standard InChI is InChI=1S/C22H38N4O/c1-17(2)12-15-27-21-9-7-6-8-19(21)16-24-22(23-5)25-20-10-13-26(14-11-20)18(3)4/h6-9,17-18,20H,10-16H2,1-5H3,(H2,23,24,25). The second-order valence-electron chi connectivity index (χ2n) is 8.11. The smallest absolute Gasteiger partial charge is 0.191 e. The Morgan fingerprint density at radius 1 is 1.19 bits per heavy atom. The van der Waals surface area contributed by atoms with Gasteiger partial charge < -0.3 is 20.3 Å². The summed E-state index contributed by atoms with van der Waals surface area (Å²) >= 11 is 0. The van der Waals surface area contributed by atoms with Crippen LogP contribution in [0.4, 0.5) is 0 Å². The van der Waals surface area contributed by atoms with Gasteiger partial charge >= 0.3 is 0 Å². The zero-order chi connectivity index (χ0) is 19.6. The molecule has 5 nitrogen and oxygen atoms in total. The van der Waals surface area contributed by atoms with Gasteiger partial charge in [-0.05, 0) is 45.1 Å². The van der Waals surface area contributed by atoms with Crippen molar-refractivity contribution in [1.29, 1.82) is 0 Å². The first-order chi connectivity index (χ1) is 13.0. The Hall–Kier alpha value is -1.75. The molecule has 2 rings (SSSR count). The lowest BCUT2D eigenvalue weighted by Crippen LogP contribution is -2.49. The number of ether oxygens (including phenoxy) is 1. The Bertz CT molecular complexity index is 577. The molecule has 152 valence electrons. The molecular formula is C22H38N4O. The normalized spacial score (nSPS) is 16.8. The van der Waals surface area contributed by atoms with Gasteiger partial charge in [-0.15, -0.1) is 0 Å². The highest BCUT2D eigenvalue weighted by molar-refractivity contribution is 5.80. The summed E-state index contributed by atoms with van der Waals surface area (Å²) in [5.74, 6) is 2.49. The fourth-order valence-corrected chi connectivity index (χ4v) is 3.32. The van der Waals surface area contributed by atoms with Gasteiger partial charge in [0.25, 0.3) is 0 Å². The summed E-state index contributed by atoms with van der Waals surface area (Å²) < 4.78 is 5.99. The van der Waals surface area contributed by atoms with Crippen molar-refractivity contribution in [3.63, 3.8) is 0 Å². The van der Waals surface area contributed by atoms with Crippen molar-refractivity contribution in [1.82, 2.24) is 15.5 Å². The van der Waals surface area contributed by atoms with Gasteiger partial charge in [-0.25, -0.2) is 0 Å². The molecule has 2 N–H and O–H groups in total. The molecule has 1 fully saturated rings. The molecule has 0 unspecified atom stereocenters. The largest absolute Gasteiger partial charge is 0.493 e. The predicted molar refractivity (Wildman–Crippen MR) is 114 cm³/mol. The number of aliphatic imine (C=N–C) groups is 1. The van der Waals surface area contributed by atoms with E-state index in [0.717, 1.165) is 50.7 Å². The monoisotopic (exact) mass is 374 g/mol. The van der Waals surface area contributed by atoms with E-state index in [4.69, 9.17) is 4.74 Å². The molecule has 27 heavy (non-hydrogen) atoms. The molecule has 0 aromatic heterocycles. The molecule has 0 atom stereocenters. The van der Waals surface area contributed by atoms with E-state index in [1.165, 1.54) is 5.56 Å². The molecule has 1 saturated heterocycles. The van der Waals surface area contributed by atoms with Crippen molar-refractivity contribution in [2.45, 2.75) is 65.6 Å². The second-order valence-corrected chi connectivity index (χ2v) is 8.11. The lowest BCUT2D eigenvalue weighted by Gasteiger charge is -2.35. The maximum Gasteiger partial charge on any atom is 0.191 e. The molecule has 1 aromatic rings. The Morgan fingerprint density at radius 2 is 1.89 bits per heavy atom. The lowest BCUT2D eigenvalue weighted by molar-refractivity contribution is 0.167. The van der Waals surface area contributed by atoms with Gasteiger partial charge in [0.05, 0.1) is 6.61 Å². The topological polar surface area (TPSA) is 48.9 Å². The molecule has 5 heteroatoms. The molecule has 0 radical (unpaired) electrons. The number of hydrogen-bond donors (Lipinski definition) is 2. The van der Waals surface area contributed by atoms with Crippen LogP contribution >= 0.6 is 0 Å². The molecular weight excluding hydrogens is 336 g/mol. The van der Waals surface area contributed by atoms with E-state index in [-0.39, 0.29) is 0 Å². The molecule has 0 spiro atoms. The van der Waals surface area contributed by atoms with E-state index in [1.807, 2.05) is 13.1 Å². The number of para-hydroxylation sites is 1. The average Bonchev–Trinajstić information content (AvgIpc) is 2.66. The van der Waals surface area contributed by atoms with E-state index >= 15 is 0 Å². The maximum atomic E-state index is 5.99. The lowest BCUT2D eigenvalue weighted by atomic mass is 10.0. The highest BCUT2D eigenvalue weighted by atomic mass is 16.5.